The summed E-state index contributed by atoms with van der Waals surface area (Å²) in [6, 6.07) is 4.30. The number of carbonyl (C=O) groups is 1. The lowest BCUT2D eigenvalue weighted by molar-refractivity contribution is -0.142. The van der Waals surface area contributed by atoms with Crippen molar-refractivity contribution in [3.63, 3.8) is 0 Å². The van der Waals surface area contributed by atoms with Crippen LogP contribution in [0.3, 0.4) is 0 Å². The van der Waals surface area contributed by atoms with Crippen LogP contribution in [0.2, 0.25) is 0 Å². The molecule has 0 aliphatic carbocycles. The van der Waals surface area contributed by atoms with Gasteiger partial charge >= 0.3 is 5.97 Å². The molecule has 2 aliphatic rings. The van der Waals surface area contributed by atoms with Gasteiger partial charge < -0.3 is 5.11 Å². The first kappa shape index (κ1) is 14.1. The Bertz CT molecular complexity index is 861. The predicted octanol–water partition coefficient (Wildman–Crippen LogP) is 1.92. The summed E-state index contributed by atoms with van der Waals surface area (Å²) < 4.78 is 28.2. The van der Waals surface area contributed by atoms with E-state index in [-0.39, 0.29) is 10.9 Å². The number of thiazole rings is 1. The van der Waals surface area contributed by atoms with Gasteiger partial charge in [0.15, 0.2) is 0 Å². The zero-order valence-corrected chi connectivity index (χ0v) is 13.2. The number of carboxylic acid groups (broad SMARTS) is 1. The number of aliphatic carboxylic acids is 1. The van der Waals surface area contributed by atoms with Crippen molar-refractivity contribution in [3.05, 3.63) is 23.7 Å². The minimum atomic E-state index is -3.66. The second kappa shape index (κ2) is 4.74. The number of aromatic nitrogens is 1. The summed E-state index contributed by atoms with van der Waals surface area (Å²) >= 11 is 1.39. The lowest BCUT2D eigenvalue weighted by Gasteiger charge is -2.22. The van der Waals surface area contributed by atoms with Crippen molar-refractivity contribution < 1.29 is 18.3 Å². The van der Waals surface area contributed by atoms with Crippen molar-refractivity contribution in [1.82, 2.24) is 9.29 Å². The van der Waals surface area contributed by atoms with Crippen molar-refractivity contribution in [3.8, 4) is 0 Å². The molecule has 3 heterocycles. The van der Waals surface area contributed by atoms with Crippen LogP contribution in [0.15, 0.2) is 28.6 Å². The Labute approximate surface area is 131 Å². The molecule has 2 fully saturated rings. The molecule has 3 atom stereocenters. The predicted molar refractivity (Wildman–Crippen MR) is 81.2 cm³/mol. The third-order valence-electron chi connectivity index (χ3n) is 4.67. The fourth-order valence-electron chi connectivity index (χ4n) is 3.70. The first-order valence-electron chi connectivity index (χ1n) is 7.08. The zero-order valence-electron chi connectivity index (χ0n) is 11.5. The molecule has 22 heavy (non-hydrogen) atoms. The molecule has 0 unspecified atom stereocenters. The minimum Gasteiger partial charge on any atom is -0.481 e. The molecule has 0 amide bonds. The Hall–Kier alpha value is -1.51. The quantitative estimate of drug-likeness (QED) is 0.924. The maximum absolute atomic E-state index is 12.9. The summed E-state index contributed by atoms with van der Waals surface area (Å²) in [6.45, 7) is 0. The van der Waals surface area contributed by atoms with Crippen molar-refractivity contribution in [2.75, 3.05) is 0 Å². The van der Waals surface area contributed by atoms with Crippen LogP contribution in [0.1, 0.15) is 19.3 Å². The molecule has 6 nitrogen and oxygen atoms in total. The molecular weight excluding hydrogens is 324 g/mol. The first-order chi connectivity index (χ1) is 10.5. The summed E-state index contributed by atoms with van der Waals surface area (Å²) in [5.41, 5.74) is 2.46. The molecular formula is C14H14N2O4S2. The molecule has 1 aromatic carbocycles. The molecule has 4 rings (SSSR count). The van der Waals surface area contributed by atoms with Gasteiger partial charge in [0, 0.05) is 12.1 Å². The summed E-state index contributed by atoms with van der Waals surface area (Å²) in [5.74, 6) is -1.48. The highest BCUT2D eigenvalue weighted by Crippen LogP contribution is 2.45. The number of sulfonamides is 1. The van der Waals surface area contributed by atoms with Gasteiger partial charge in [-0.1, -0.05) is 0 Å². The average molecular weight is 338 g/mol. The van der Waals surface area contributed by atoms with E-state index in [4.69, 9.17) is 0 Å². The summed E-state index contributed by atoms with van der Waals surface area (Å²) in [6.07, 6.45) is 1.79. The molecule has 2 saturated heterocycles. The monoisotopic (exact) mass is 338 g/mol. The van der Waals surface area contributed by atoms with Crippen molar-refractivity contribution in [2.24, 2.45) is 5.92 Å². The van der Waals surface area contributed by atoms with Crippen LogP contribution in [-0.4, -0.2) is 40.9 Å². The van der Waals surface area contributed by atoms with Crippen LogP contribution >= 0.6 is 11.3 Å². The largest absolute Gasteiger partial charge is 0.481 e. The third-order valence-corrected chi connectivity index (χ3v) is 7.43. The van der Waals surface area contributed by atoms with Crippen LogP contribution < -0.4 is 0 Å². The van der Waals surface area contributed by atoms with E-state index < -0.39 is 28.0 Å². The first-order valence-corrected chi connectivity index (χ1v) is 9.40. The van der Waals surface area contributed by atoms with Gasteiger partial charge in [-0.25, -0.2) is 13.4 Å². The second-order valence-corrected chi connectivity index (χ2v) is 8.53. The van der Waals surface area contributed by atoms with Gasteiger partial charge in [0.05, 0.1) is 26.5 Å². The maximum Gasteiger partial charge on any atom is 0.308 e. The Kier molecular flexibility index (Phi) is 3.04. The van der Waals surface area contributed by atoms with E-state index in [2.05, 4.69) is 4.98 Å². The number of fused-ring (bicyclic) bond motifs is 3. The Balaban J connectivity index is 1.76. The number of carboxylic acids is 1. The molecule has 0 spiro atoms. The van der Waals surface area contributed by atoms with E-state index in [0.29, 0.717) is 12.8 Å². The van der Waals surface area contributed by atoms with Gasteiger partial charge in [0.1, 0.15) is 0 Å². The third kappa shape index (κ3) is 1.90. The molecule has 2 bridgehead atoms. The molecule has 1 aromatic heterocycles. The van der Waals surface area contributed by atoms with E-state index in [1.807, 2.05) is 0 Å². The smallest absolute Gasteiger partial charge is 0.308 e. The molecule has 116 valence electrons. The van der Waals surface area contributed by atoms with Gasteiger partial charge in [-0.2, -0.15) is 4.31 Å². The van der Waals surface area contributed by atoms with Crippen LogP contribution in [0.4, 0.5) is 0 Å². The van der Waals surface area contributed by atoms with E-state index in [1.165, 1.54) is 15.6 Å². The highest BCUT2D eigenvalue weighted by Gasteiger charge is 2.54. The average Bonchev–Trinajstić information content (AvgIpc) is 3.19. The molecule has 1 N–H and O–H groups in total. The van der Waals surface area contributed by atoms with Crippen LogP contribution in [0, 0.1) is 5.92 Å². The maximum atomic E-state index is 12.9. The van der Waals surface area contributed by atoms with Gasteiger partial charge in [-0.15, -0.1) is 11.3 Å². The lowest BCUT2D eigenvalue weighted by atomic mass is 9.89. The molecule has 0 saturated carbocycles. The number of rotatable bonds is 3. The number of nitrogens with zero attached hydrogens (tertiary/aromatic N) is 2. The fourth-order valence-corrected chi connectivity index (χ4v) is 6.43. The van der Waals surface area contributed by atoms with E-state index >= 15 is 0 Å². The number of benzene rings is 1. The zero-order chi connectivity index (χ0) is 15.5. The van der Waals surface area contributed by atoms with E-state index in [9.17, 15) is 18.3 Å². The van der Waals surface area contributed by atoms with Crippen molar-refractivity contribution in [1.29, 1.82) is 0 Å². The Morgan fingerprint density at radius 3 is 2.91 bits per heavy atom. The molecule has 0 radical (unpaired) electrons. The Morgan fingerprint density at radius 1 is 1.36 bits per heavy atom. The van der Waals surface area contributed by atoms with Gasteiger partial charge in [-0.05, 0) is 37.5 Å². The molecule has 2 aliphatic heterocycles. The summed E-state index contributed by atoms with van der Waals surface area (Å²) in [7, 11) is -3.66. The highest BCUT2D eigenvalue weighted by molar-refractivity contribution is 7.89. The minimum absolute atomic E-state index is 0.187. The molecule has 8 heteroatoms. The van der Waals surface area contributed by atoms with Crippen molar-refractivity contribution >= 4 is 37.5 Å². The standard InChI is InChI=1S/C14H14N2O4S2/c17-14(18)10-5-8-1-4-12(10)16(8)22(19,20)9-2-3-11-13(6-9)21-7-15-11/h2-3,6-8,10,12H,1,4-5H2,(H,17,18)/t8-,10+,12-/m1/s1. The van der Waals surface area contributed by atoms with Crippen molar-refractivity contribution in [2.45, 2.75) is 36.2 Å². The Morgan fingerprint density at radius 2 is 2.18 bits per heavy atom. The highest BCUT2D eigenvalue weighted by atomic mass is 32.2. The van der Waals surface area contributed by atoms with Crippen LogP contribution in [0.5, 0.6) is 0 Å². The van der Waals surface area contributed by atoms with Crippen LogP contribution in [-0.2, 0) is 14.8 Å². The van der Waals surface area contributed by atoms with Gasteiger partial charge in [-0.3, -0.25) is 4.79 Å². The summed E-state index contributed by atoms with van der Waals surface area (Å²) in [4.78, 5) is 15.7. The number of hydrogen-bond acceptors (Lipinski definition) is 5. The topological polar surface area (TPSA) is 87.6 Å². The normalized spacial score (nSPS) is 28.5. The van der Waals surface area contributed by atoms with Gasteiger partial charge in [0.2, 0.25) is 10.0 Å². The summed E-state index contributed by atoms with van der Waals surface area (Å²) in [5, 5.41) is 9.27. The number of hydrogen-bond donors (Lipinski definition) is 1. The SMILES string of the molecule is O=C(O)[C@H]1C[C@H]2CC[C@H]1N2S(=O)(=O)c1ccc2ncsc2c1. The molecule has 2 aromatic rings. The van der Waals surface area contributed by atoms with E-state index in [0.717, 1.165) is 16.6 Å². The van der Waals surface area contributed by atoms with Crippen LogP contribution in [0.25, 0.3) is 10.2 Å². The lowest BCUT2D eigenvalue weighted by Crippen LogP contribution is -2.37. The second-order valence-electron chi connectivity index (χ2n) is 5.80. The van der Waals surface area contributed by atoms with E-state index in [1.54, 1.807) is 23.7 Å². The van der Waals surface area contributed by atoms with Gasteiger partial charge in [0.25, 0.3) is 0 Å². The fraction of sp³-hybridized carbons (Fsp3) is 0.429.